The van der Waals surface area contributed by atoms with Gasteiger partial charge >= 0.3 is 0 Å². The maximum atomic E-state index is 11.9. The molecule has 0 radical (unpaired) electrons. The highest BCUT2D eigenvalue weighted by Gasteiger charge is 2.07. The van der Waals surface area contributed by atoms with Crippen molar-refractivity contribution in [1.82, 2.24) is 0 Å². The molecule has 0 aliphatic rings. The van der Waals surface area contributed by atoms with Crippen LogP contribution in [0.5, 0.6) is 5.75 Å². The SMILES string of the molecule is NC(=O)c1ccc(OCC(=O)c2ccc(Cl)cc2)cc1. The summed E-state index contributed by atoms with van der Waals surface area (Å²) >= 11 is 5.75. The first-order valence-corrected chi connectivity index (χ1v) is 6.25. The van der Waals surface area contributed by atoms with E-state index in [1.165, 1.54) is 0 Å². The van der Waals surface area contributed by atoms with Gasteiger partial charge in [-0.2, -0.15) is 0 Å². The lowest BCUT2D eigenvalue weighted by atomic mass is 10.1. The van der Waals surface area contributed by atoms with Crippen LogP contribution in [-0.4, -0.2) is 18.3 Å². The Morgan fingerprint density at radius 2 is 1.50 bits per heavy atom. The fourth-order valence-electron chi connectivity index (χ4n) is 1.58. The van der Waals surface area contributed by atoms with Crippen LogP contribution in [-0.2, 0) is 0 Å². The summed E-state index contributed by atoms with van der Waals surface area (Å²) in [6.45, 7) is -0.0858. The van der Waals surface area contributed by atoms with E-state index in [4.69, 9.17) is 22.1 Å². The van der Waals surface area contributed by atoms with Crippen molar-refractivity contribution in [3.8, 4) is 5.75 Å². The molecule has 2 aromatic carbocycles. The molecule has 0 heterocycles. The number of rotatable bonds is 5. The van der Waals surface area contributed by atoms with Crippen LogP contribution in [0.1, 0.15) is 20.7 Å². The van der Waals surface area contributed by atoms with Crippen LogP contribution in [0.4, 0.5) is 0 Å². The third-order valence-corrected chi connectivity index (χ3v) is 2.93. The number of ketones is 1. The van der Waals surface area contributed by atoms with E-state index in [1.807, 2.05) is 0 Å². The van der Waals surface area contributed by atoms with Crippen molar-refractivity contribution in [3.05, 3.63) is 64.7 Å². The number of primary amides is 1. The number of nitrogens with two attached hydrogens (primary N) is 1. The maximum absolute atomic E-state index is 11.9. The maximum Gasteiger partial charge on any atom is 0.248 e. The first kappa shape index (κ1) is 14.1. The minimum absolute atomic E-state index is 0.0858. The number of Topliss-reactive ketones (excluding diaryl/α,β-unsaturated/α-hetero) is 1. The minimum Gasteiger partial charge on any atom is -0.485 e. The monoisotopic (exact) mass is 289 g/mol. The summed E-state index contributed by atoms with van der Waals surface area (Å²) < 4.78 is 5.35. The van der Waals surface area contributed by atoms with Gasteiger partial charge in [0.05, 0.1) is 0 Å². The standard InChI is InChI=1S/C15H12ClNO3/c16-12-5-1-10(2-6-12)14(18)9-20-13-7-3-11(4-8-13)15(17)19/h1-8H,9H2,(H2,17,19). The number of amides is 1. The van der Waals surface area contributed by atoms with Crippen molar-refractivity contribution in [2.24, 2.45) is 5.73 Å². The van der Waals surface area contributed by atoms with Crippen molar-refractivity contribution in [3.63, 3.8) is 0 Å². The third kappa shape index (κ3) is 3.59. The molecule has 0 unspecified atom stereocenters. The quantitative estimate of drug-likeness (QED) is 0.860. The van der Waals surface area contributed by atoms with Gasteiger partial charge in [0.15, 0.2) is 12.4 Å². The van der Waals surface area contributed by atoms with Gasteiger partial charge in [0.2, 0.25) is 5.91 Å². The molecule has 2 rings (SSSR count). The molecule has 0 saturated heterocycles. The van der Waals surface area contributed by atoms with Gasteiger partial charge in [0.1, 0.15) is 5.75 Å². The summed E-state index contributed by atoms with van der Waals surface area (Å²) in [7, 11) is 0. The molecule has 20 heavy (non-hydrogen) atoms. The van der Waals surface area contributed by atoms with Crippen LogP contribution in [0.25, 0.3) is 0 Å². The second-order valence-corrected chi connectivity index (χ2v) is 4.54. The highest BCUT2D eigenvalue weighted by atomic mass is 35.5. The summed E-state index contributed by atoms with van der Waals surface area (Å²) in [5.41, 5.74) is 6.05. The average molecular weight is 290 g/mol. The van der Waals surface area contributed by atoms with E-state index in [0.29, 0.717) is 21.9 Å². The molecule has 0 aromatic heterocycles. The van der Waals surface area contributed by atoms with Crippen LogP contribution >= 0.6 is 11.6 Å². The van der Waals surface area contributed by atoms with E-state index in [2.05, 4.69) is 0 Å². The number of halogens is 1. The zero-order valence-corrected chi connectivity index (χ0v) is 11.3. The van der Waals surface area contributed by atoms with E-state index < -0.39 is 5.91 Å². The van der Waals surface area contributed by atoms with Crippen LogP contribution in [0, 0.1) is 0 Å². The normalized spacial score (nSPS) is 10.1. The Balaban J connectivity index is 1.96. The average Bonchev–Trinajstić information content (AvgIpc) is 2.46. The minimum atomic E-state index is -0.506. The Labute approximate surface area is 121 Å². The number of hydrogen-bond acceptors (Lipinski definition) is 3. The lowest BCUT2D eigenvalue weighted by Gasteiger charge is -2.06. The summed E-state index contributed by atoms with van der Waals surface area (Å²) in [6.07, 6.45) is 0. The molecule has 5 heteroatoms. The van der Waals surface area contributed by atoms with Gasteiger partial charge in [-0.3, -0.25) is 9.59 Å². The van der Waals surface area contributed by atoms with Gasteiger partial charge in [-0.25, -0.2) is 0 Å². The van der Waals surface area contributed by atoms with Gasteiger partial charge in [-0.15, -0.1) is 0 Å². The largest absolute Gasteiger partial charge is 0.485 e. The Morgan fingerprint density at radius 3 is 2.05 bits per heavy atom. The van der Waals surface area contributed by atoms with Gasteiger partial charge in [-0.05, 0) is 48.5 Å². The van der Waals surface area contributed by atoms with Crippen LogP contribution < -0.4 is 10.5 Å². The summed E-state index contributed by atoms with van der Waals surface area (Å²) in [5.74, 6) is -0.160. The molecular weight excluding hydrogens is 278 g/mol. The number of hydrogen-bond donors (Lipinski definition) is 1. The van der Waals surface area contributed by atoms with Crippen LogP contribution in [0.3, 0.4) is 0 Å². The van der Waals surface area contributed by atoms with Crippen molar-refractivity contribution < 1.29 is 14.3 Å². The first-order chi connectivity index (χ1) is 9.56. The van der Waals surface area contributed by atoms with Crippen LogP contribution in [0.15, 0.2) is 48.5 Å². The fourth-order valence-corrected chi connectivity index (χ4v) is 1.71. The van der Waals surface area contributed by atoms with E-state index in [-0.39, 0.29) is 12.4 Å². The lowest BCUT2D eigenvalue weighted by molar-refractivity contribution is 0.0920. The number of ether oxygens (including phenoxy) is 1. The molecule has 0 atom stereocenters. The zero-order chi connectivity index (χ0) is 14.5. The van der Waals surface area contributed by atoms with Crippen molar-refractivity contribution in [2.75, 3.05) is 6.61 Å². The van der Waals surface area contributed by atoms with E-state index >= 15 is 0 Å². The summed E-state index contributed by atoms with van der Waals surface area (Å²) in [4.78, 5) is 22.8. The van der Waals surface area contributed by atoms with Gasteiger partial charge < -0.3 is 10.5 Å². The van der Waals surface area contributed by atoms with Crippen LogP contribution in [0.2, 0.25) is 5.02 Å². The zero-order valence-electron chi connectivity index (χ0n) is 10.5. The highest BCUT2D eigenvalue weighted by molar-refractivity contribution is 6.30. The second kappa shape index (κ2) is 6.21. The molecule has 102 valence electrons. The number of benzene rings is 2. The Kier molecular flexibility index (Phi) is 4.38. The number of carbonyl (C=O) groups excluding carboxylic acids is 2. The molecule has 0 spiro atoms. The van der Waals surface area contributed by atoms with Gasteiger partial charge in [0, 0.05) is 16.1 Å². The molecule has 4 nitrogen and oxygen atoms in total. The molecule has 2 N–H and O–H groups in total. The second-order valence-electron chi connectivity index (χ2n) is 4.11. The molecule has 0 aliphatic heterocycles. The predicted octanol–water partition coefficient (Wildman–Crippen LogP) is 2.70. The Bertz CT molecular complexity index is 621. The van der Waals surface area contributed by atoms with E-state index in [1.54, 1.807) is 48.5 Å². The van der Waals surface area contributed by atoms with E-state index in [9.17, 15) is 9.59 Å². The van der Waals surface area contributed by atoms with Crippen molar-refractivity contribution in [1.29, 1.82) is 0 Å². The Morgan fingerprint density at radius 1 is 0.950 bits per heavy atom. The molecule has 0 aliphatic carbocycles. The predicted molar refractivity (Wildman–Crippen MR) is 76.2 cm³/mol. The molecule has 0 saturated carbocycles. The summed E-state index contributed by atoms with van der Waals surface area (Å²) in [6, 6.07) is 12.9. The molecule has 0 fully saturated rings. The molecule has 2 aromatic rings. The van der Waals surface area contributed by atoms with E-state index in [0.717, 1.165) is 0 Å². The highest BCUT2D eigenvalue weighted by Crippen LogP contribution is 2.14. The lowest BCUT2D eigenvalue weighted by Crippen LogP contribution is -2.12. The fraction of sp³-hybridized carbons (Fsp3) is 0.0667. The molecule has 1 amide bonds. The smallest absolute Gasteiger partial charge is 0.248 e. The third-order valence-electron chi connectivity index (χ3n) is 2.67. The molecular formula is C15H12ClNO3. The van der Waals surface area contributed by atoms with Crippen molar-refractivity contribution in [2.45, 2.75) is 0 Å². The number of carbonyl (C=O) groups is 2. The molecule has 0 bridgehead atoms. The van der Waals surface area contributed by atoms with Crippen molar-refractivity contribution >= 4 is 23.3 Å². The van der Waals surface area contributed by atoms with Gasteiger partial charge in [-0.1, -0.05) is 11.6 Å². The topological polar surface area (TPSA) is 69.4 Å². The van der Waals surface area contributed by atoms with Gasteiger partial charge in [0.25, 0.3) is 0 Å². The first-order valence-electron chi connectivity index (χ1n) is 5.87. The Hall–Kier alpha value is -2.33. The summed E-state index contributed by atoms with van der Waals surface area (Å²) in [5, 5.41) is 0.574.